The van der Waals surface area contributed by atoms with Gasteiger partial charge >= 0.3 is 0 Å². The van der Waals surface area contributed by atoms with Crippen LogP contribution in [0.25, 0.3) is 0 Å². The van der Waals surface area contributed by atoms with Gasteiger partial charge in [0.15, 0.2) is 5.78 Å². The Kier molecular flexibility index (Phi) is 4.38. The number of ketones is 1. The molecule has 19 heavy (non-hydrogen) atoms. The lowest BCUT2D eigenvalue weighted by Crippen LogP contribution is -2.39. The molecule has 0 unspecified atom stereocenters. The fourth-order valence-electron chi connectivity index (χ4n) is 2.21. The molecule has 1 aliphatic rings. The number of benzene rings is 1. The lowest BCUT2D eigenvalue weighted by atomic mass is 9.86. The summed E-state index contributed by atoms with van der Waals surface area (Å²) in [6.07, 6.45) is 0. The van der Waals surface area contributed by atoms with Gasteiger partial charge in [0.25, 0.3) is 0 Å². The molecule has 3 heteroatoms. The number of Topliss-reactive ketones (excluding diaryl/α,β-unsaturated/α-hetero) is 1. The number of carbonyl (C=O) groups is 1. The van der Waals surface area contributed by atoms with Crippen LogP contribution < -0.4 is 0 Å². The maximum atomic E-state index is 12.2. The Labute approximate surface area is 115 Å². The zero-order valence-electron chi connectivity index (χ0n) is 12.1. The molecule has 0 saturated carbocycles. The highest BCUT2D eigenvalue weighted by molar-refractivity contribution is 5.97. The van der Waals surface area contributed by atoms with E-state index >= 15 is 0 Å². The Morgan fingerprint density at radius 1 is 1.16 bits per heavy atom. The summed E-state index contributed by atoms with van der Waals surface area (Å²) in [6.45, 7) is 10.2. The van der Waals surface area contributed by atoms with Crippen molar-refractivity contribution in [2.24, 2.45) is 0 Å². The minimum absolute atomic E-state index is 0.131. The molecule has 0 aromatic heterocycles. The standard InChI is InChI=1S/C16H23NO2/c1-16(2,3)14-6-4-13(5-7-14)15(18)12-17-8-10-19-11-9-17/h4-7H,8-12H2,1-3H3. The van der Waals surface area contributed by atoms with E-state index in [0.717, 1.165) is 31.9 Å². The van der Waals surface area contributed by atoms with Crippen molar-refractivity contribution < 1.29 is 9.53 Å². The average molecular weight is 261 g/mol. The van der Waals surface area contributed by atoms with Gasteiger partial charge in [-0.25, -0.2) is 0 Å². The third-order valence-electron chi connectivity index (χ3n) is 3.54. The van der Waals surface area contributed by atoms with Crippen molar-refractivity contribution in [2.45, 2.75) is 26.2 Å². The van der Waals surface area contributed by atoms with Crippen LogP contribution in [0.15, 0.2) is 24.3 Å². The highest BCUT2D eigenvalue weighted by atomic mass is 16.5. The van der Waals surface area contributed by atoms with Gasteiger partial charge in [0.1, 0.15) is 0 Å². The van der Waals surface area contributed by atoms with Crippen LogP contribution in [0.3, 0.4) is 0 Å². The molecule has 0 spiro atoms. The quantitative estimate of drug-likeness (QED) is 0.783. The molecule has 1 aromatic rings. The molecule has 1 heterocycles. The molecule has 3 nitrogen and oxygen atoms in total. The maximum absolute atomic E-state index is 12.2. The summed E-state index contributed by atoms with van der Waals surface area (Å²) in [4.78, 5) is 14.3. The van der Waals surface area contributed by atoms with Crippen LogP contribution >= 0.6 is 0 Å². The van der Waals surface area contributed by atoms with Gasteiger partial charge in [-0.15, -0.1) is 0 Å². The van der Waals surface area contributed by atoms with Gasteiger partial charge in [0.2, 0.25) is 0 Å². The first-order valence-corrected chi connectivity index (χ1v) is 6.91. The zero-order chi connectivity index (χ0) is 13.9. The Morgan fingerprint density at radius 3 is 2.26 bits per heavy atom. The normalized spacial score (nSPS) is 17.4. The first kappa shape index (κ1) is 14.2. The first-order valence-electron chi connectivity index (χ1n) is 6.91. The number of carbonyl (C=O) groups excluding carboxylic acids is 1. The molecular weight excluding hydrogens is 238 g/mol. The van der Waals surface area contributed by atoms with Crippen LogP contribution in [-0.2, 0) is 10.2 Å². The van der Waals surface area contributed by atoms with E-state index in [9.17, 15) is 4.79 Å². The minimum Gasteiger partial charge on any atom is -0.379 e. The van der Waals surface area contributed by atoms with Crippen molar-refractivity contribution in [1.29, 1.82) is 0 Å². The van der Waals surface area contributed by atoms with Crippen LogP contribution in [0, 0.1) is 0 Å². The van der Waals surface area contributed by atoms with E-state index < -0.39 is 0 Å². The molecule has 0 aliphatic carbocycles. The summed E-state index contributed by atoms with van der Waals surface area (Å²) in [6, 6.07) is 8.02. The number of hydrogen-bond acceptors (Lipinski definition) is 3. The van der Waals surface area contributed by atoms with Gasteiger partial charge < -0.3 is 4.74 Å². The second-order valence-electron chi connectivity index (χ2n) is 6.14. The summed E-state index contributed by atoms with van der Waals surface area (Å²) < 4.78 is 5.29. The van der Waals surface area contributed by atoms with E-state index in [1.165, 1.54) is 5.56 Å². The Bertz CT molecular complexity index is 425. The summed E-state index contributed by atoms with van der Waals surface area (Å²) in [5.41, 5.74) is 2.20. The molecule has 2 rings (SSSR count). The number of nitrogens with zero attached hydrogens (tertiary/aromatic N) is 1. The van der Waals surface area contributed by atoms with E-state index in [1.807, 2.05) is 12.1 Å². The van der Waals surface area contributed by atoms with Gasteiger partial charge in [0, 0.05) is 18.7 Å². The highest BCUT2D eigenvalue weighted by Gasteiger charge is 2.17. The smallest absolute Gasteiger partial charge is 0.176 e. The number of morpholine rings is 1. The molecule has 1 aromatic carbocycles. The molecular formula is C16H23NO2. The van der Waals surface area contributed by atoms with Crippen molar-refractivity contribution in [3.05, 3.63) is 35.4 Å². The highest BCUT2D eigenvalue weighted by Crippen LogP contribution is 2.22. The number of hydrogen-bond donors (Lipinski definition) is 0. The van der Waals surface area contributed by atoms with Gasteiger partial charge in [-0.05, 0) is 11.0 Å². The molecule has 0 N–H and O–H groups in total. The van der Waals surface area contributed by atoms with Crippen LogP contribution in [-0.4, -0.2) is 43.5 Å². The predicted octanol–water partition coefficient (Wildman–Crippen LogP) is 2.50. The van der Waals surface area contributed by atoms with Gasteiger partial charge in [-0.1, -0.05) is 45.0 Å². The zero-order valence-corrected chi connectivity index (χ0v) is 12.1. The summed E-state index contributed by atoms with van der Waals surface area (Å²) in [7, 11) is 0. The monoisotopic (exact) mass is 261 g/mol. The summed E-state index contributed by atoms with van der Waals surface area (Å²) in [5, 5.41) is 0. The van der Waals surface area contributed by atoms with Crippen molar-refractivity contribution >= 4 is 5.78 Å². The van der Waals surface area contributed by atoms with E-state index in [0.29, 0.717) is 6.54 Å². The van der Waals surface area contributed by atoms with Crippen molar-refractivity contribution in [3.63, 3.8) is 0 Å². The van der Waals surface area contributed by atoms with Crippen molar-refractivity contribution in [2.75, 3.05) is 32.8 Å². The van der Waals surface area contributed by atoms with E-state index in [4.69, 9.17) is 4.74 Å². The van der Waals surface area contributed by atoms with E-state index in [-0.39, 0.29) is 11.2 Å². The fraction of sp³-hybridized carbons (Fsp3) is 0.562. The predicted molar refractivity (Wildman–Crippen MR) is 76.7 cm³/mol. The van der Waals surface area contributed by atoms with Crippen LogP contribution in [0.1, 0.15) is 36.7 Å². The van der Waals surface area contributed by atoms with Crippen LogP contribution in [0.2, 0.25) is 0 Å². The number of rotatable bonds is 3. The Balaban J connectivity index is 1.99. The molecule has 0 bridgehead atoms. The van der Waals surface area contributed by atoms with Gasteiger partial charge in [-0.2, -0.15) is 0 Å². The molecule has 1 saturated heterocycles. The summed E-state index contributed by atoms with van der Waals surface area (Å²) >= 11 is 0. The third-order valence-corrected chi connectivity index (χ3v) is 3.54. The lowest BCUT2D eigenvalue weighted by Gasteiger charge is -2.25. The third kappa shape index (κ3) is 3.88. The topological polar surface area (TPSA) is 29.5 Å². The minimum atomic E-state index is 0.131. The van der Waals surface area contributed by atoms with Gasteiger partial charge in [-0.3, -0.25) is 9.69 Å². The molecule has 0 atom stereocenters. The van der Waals surface area contributed by atoms with Crippen LogP contribution in [0.4, 0.5) is 0 Å². The summed E-state index contributed by atoms with van der Waals surface area (Å²) in [5.74, 6) is 0.197. The Morgan fingerprint density at radius 2 is 1.74 bits per heavy atom. The fourth-order valence-corrected chi connectivity index (χ4v) is 2.21. The van der Waals surface area contributed by atoms with Crippen molar-refractivity contribution in [1.82, 2.24) is 4.90 Å². The van der Waals surface area contributed by atoms with Crippen LogP contribution in [0.5, 0.6) is 0 Å². The maximum Gasteiger partial charge on any atom is 0.176 e. The van der Waals surface area contributed by atoms with E-state index in [2.05, 4.69) is 37.8 Å². The molecule has 0 radical (unpaired) electrons. The first-order chi connectivity index (χ1) is 8.97. The molecule has 1 aliphatic heterocycles. The molecule has 1 fully saturated rings. The Hall–Kier alpha value is -1.19. The van der Waals surface area contributed by atoms with E-state index in [1.54, 1.807) is 0 Å². The SMILES string of the molecule is CC(C)(C)c1ccc(C(=O)CN2CCOCC2)cc1. The van der Waals surface area contributed by atoms with Gasteiger partial charge in [0.05, 0.1) is 19.8 Å². The average Bonchev–Trinajstić information content (AvgIpc) is 2.39. The van der Waals surface area contributed by atoms with Crippen molar-refractivity contribution in [3.8, 4) is 0 Å². The number of ether oxygens (including phenoxy) is 1. The molecule has 0 amide bonds. The second-order valence-corrected chi connectivity index (χ2v) is 6.14. The largest absolute Gasteiger partial charge is 0.379 e. The molecule has 104 valence electrons. The second kappa shape index (κ2) is 5.85. The lowest BCUT2D eigenvalue weighted by molar-refractivity contribution is 0.0371.